The van der Waals surface area contributed by atoms with E-state index in [1.54, 1.807) is 48.7 Å². The lowest BCUT2D eigenvalue weighted by molar-refractivity contribution is 0.0536. The number of carbonyl (C=O) groups excluding carboxylic acids is 1. The number of aromatic nitrogens is 3. The molecular formula is C20H20N6O4. The highest BCUT2D eigenvalue weighted by Gasteiger charge is 2.16. The van der Waals surface area contributed by atoms with Crippen molar-refractivity contribution in [1.29, 1.82) is 0 Å². The van der Waals surface area contributed by atoms with E-state index in [1.165, 1.54) is 10.7 Å². The standard InChI is InChI=1S/C20H20N6O4/c27-11-14(28)12-30-15-4-1-3-13(9-15)16-6-7-19-21-10-17(26(19)25-16)20(29)23-18-5-2-8-22-24-18/h1-10,14,22,24,27-28H,11-12H2,(H,23,29)/t14-/m1/s1. The molecule has 10 heteroatoms. The van der Waals surface area contributed by atoms with Crippen LogP contribution in [0.5, 0.6) is 5.75 Å². The van der Waals surface area contributed by atoms with E-state index in [0.29, 0.717) is 22.9 Å². The smallest absolute Gasteiger partial charge is 0.277 e. The van der Waals surface area contributed by atoms with Crippen LogP contribution < -0.4 is 20.9 Å². The molecule has 0 saturated heterocycles. The van der Waals surface area contributed by atoms with Crippen molar-refractivity contribution in [2.75, 3.05) is 13.2 Å². The molecule has 10 nitrogen and oxygen atoms in total. The summed E-state index contributed by atoms with van der Waals surface area (Å²) in [7, 11) is 0. The van der Waals surface area contributed by atoms with Gasteiger partial charge in [-0.25, -0.2) is 9.50 Å². The first-order chi connectivity index (χ1) is 14.6. The van der Waals surface area contributed by atoms with Gasteiger partial charge in [-0.3, -0.25) is 10.2 Å². The molecule has 0 saturated carbocycles. The summed E-state index contributed by atoms with van der Waals surface area (Å²) in [6.45, 7) is -0.394. The molecule has 3 heterocycles. The van der Waals surface area contributed by atoms with Crippen LogP contribution in [0.2, 0.25) is 0 Å². The number of rotatable bonds is 7. The predicted octanol–water partition coefficient (Wildman–Crippen LogP) is 0.321. The summed E-state index contributed by atoms with van der Waals surface area (Å²) in [6, 6.07) is 10.7. The van der Waals surface area contributed by atoms with Crippen molar-refractivity contribution in [1.82, 2.24) is 30.8 Å². The van der Waals surface area contributed by atoms with Crippen molar-refractivity contribution in [3.63, 3.8) is 0 Å². The van der Waals surface area contributed by atoms with E-state index in [0.717, 1.165) is 5.56 Å². The largest absolute Gasteiger partial charge is 0.491 e. The van der Waals surface area contributed by atoms with Gasteiger partial charge in [-0.15, -0.1) is 0 Å². The summed E-state index contributed by atoms with van der Waals surface area (Å²) in [6.07, 6.45) is 5.68. The molecule has 1 aliphatic rings. The first-order valence-corrected chi connectivity index (χ1v) is 9.21. The Morgan fingerprint density at radius 1 is 1.30 bits per heavy atom. The van der Waals surface area contributed by atoms with Gasteiger partial charge in [0.15, 0.2) is 11.3 Å². The maximum absolute atomic E-state index is 12.7. The second-order valence-corrected chi connectivity index (χ2v) is 6.47. The third-order valence-corrected chi connectivity index (χ3v) is 4.28. The number of ether oxygens (including phenoxy) is 1. The van der Waals surface area contributed by atoms with Gasteiger partial charge >= 0.3 is 0 Å². The van der Waals surface area contributed by atoms with E-state index in [9.17, 15) is 9.90 Å². The molecule has 154 valence electrons. The van der Waals surface area contributed by atoms with Crippen LogP contribution in [0.25, 0.3) is 16.9 Å². The van der Waals surface area contributed by atoms with Crippen LogP contribution in [0.3, 0.4) is 0 Å². The fourth-order valence-corrected chi connectivity index (χ4v) is 2.79. The summed E-state index contributed by atoms with van der Waals surface area (Å²) < 4.78 is 6.97. The van der Waals surface area contributed by atoms with Crippen molar-refractivity contribution in [3.05, 3.63) is 72.5 Å². The van der Waals surface area contributed by atoms with E-state index in [-0.39, 0.29) is 24.8 Å². The molecule has 0 bridgehead atoms. The maximum Gasteiger partial charge on any atom is 0.277 e. The number of amides is 1. The number of hydrogen-bond acceptors (Lipinski definition) is 8. The Balaban J connectivity index is 1.59. The monoisotopic (exact) mass is 408 g/mol. The van der Waals surface area contributed by atoms with Crippen molar-refractivity contribution in [2.24, 2.45) is 0 Å². The fourth-order valence-electron chi connectivity index (χ4n) is 2.79. The molecule has 0 radical (unpaired) electrons. The number of hydrazine groups is 1. The zero-order chi connectivity index (χ0) is 20.9. The summed E-state index contributed by atoms with van der Waals surface area (Å²) in [4.78, 5) is 16.9. The van der Waals surface area contributed by atoms with E-state index in [4.69, 9.17) is 9.84 Å². The molecule has 0 aliphatic carbocycles. The topological polar surface area (TPSA) is 133 Å². The van der Waals surface area contributed by atoms with Gasteiger partial charge in [-0.2, -0.15) is 5.10 Å². The highest BCUT2D eigenvalue weighted by Crippen LogP contribution is 2.23. The zero-order valence-electron chi connectivity index (χ0n) is 15.8. The summed E-state index contributed by atoms with van der Waals surface area (Å²) in [5.41, 5.74) is 7.80. The van der Waals surface area contributed by atoms with Gasteiger partial charge in [0.25, 0.3) is 5.91 Å². The lowest BCUT2D eigenvalue weighted by Gasteiger charge is -2.14. The molecular weight excluding hydrogens is 388 g/mol. The van der Waals surface area contributed by atoms with Crippen molar-refractivity contribution >= 4 is 11.6 Å². The highest BCUT2D eigenvalue weighted by atomic mass is 16.5. The van der Waals surface area contributed by atoms with Crippen LogP contribution in [-0.2, 0) is 0 Å². The van der Waals surface area contributed by atoms with E-state index >= 15 is 0 Å². The van der Waals surface area contributed by atoms with Gasteiger partial charge in [0, 0.05) is 11.8 Å². The number of carbonyl (C=O) groups is 1. The first kappa shape index (κ1) is 19.4. The molecule has 0 fully saturated rings. The fraction of sp³-hybridized carbons (Fsp3) is 0.150. The van der Waals surface area contributed by atoms with Crippen LogP contribution in [0, 0.1) is 0 Å². The number of fused-ring (bicyclic) bond motifs is 1. The Labute approximate surface area is 171 Å². The van der Waals surface area contributed by atoms with Gasteiger partial charge in [0.05, 0.1) is 18.5 Å². The number of nitrogens with zero attached hydrogens (tertiary/aromatic N) is 3. The third kappa shape index (κ3) is 4.24. The van der Waals surface area contributed by atoms with Gasteiger partial charge in [-0.1, -0.05) is 12.1 Å². The van der Waals surface area contributed by atoms with Gasteiger partial charge < -0.3 is 25.7 Å². The van der Waals surface area contributed by atoms with Crippen LogP contribution in [-0.4, -0.2) is 50.0 Å². The average molecular weight is 408 g/mol. The Morgan fingerprint density at radius 2 is 2.20 bits per heavy atom. The number of imidazole rings is 1. The molecule has 1 aliphatic heterocycles. The SMILES string of the molecule is O=C(NC1=CC=CNN1)c1cnc2ccc(-c3cccc(OC[C@H](O)CO)c3)nn12. The van der Waals surface area contributed by atoms with Crippen LogP contribution in [0.1, 0.15) is 10.5 Å². The number of benzene rings is 1. The maximum atomic E-state index is 12.7. The van der Waals surface area contributed by atoms with E-state index < -0.39 is 6.10 Å². The number of aliphatic hydroxyl groups is 2. The molecule has 2 aromatic heterocycles. The van der Waals surface area contributed by atoms with Crippen LogP contribution in [0.4, 0.5) is 0 Å². The normalized spacial score (nSPS) is 13.9. The Morgan fingerprint density at radius 3 is 3.00 bits per heavy atom. The van der Waals surface area contributed by atoms with Gasteiger partial charge in [0.1, 0.15) is 24.3 Å². The minimum Gasteiger partial charge on any atom is -0.491 e. The Kier molecular flexibility index (Phi) is 5.59. The lowest BCUT2D eigenvalue weighted by Crippen LogP contribution is -2.38. The average Bonchev–Trinajstić information content (AvgIpc) is 3.22. The van der Waals surface area contributed by atoms with Crippen molar-refractivity contribution in [3.8, 4) is 17.0 Å². The van der Waals surface area contributed by atoms with Crippen molar-refractivity contribution < 1.29 is 19.7 Å². The number of nitrogens with one attached hydrogen (secondary N) is 3. The second kappa shape index (κ2) is 8.64. The number of hydrogen-bond donors (Lipinski definition) is 5. The van der Waals surface area contributed by atoms with Gasteiger partial charge in [0.2, 0.25) is 0 Å². The minimum atomic E-state index is -0.949. The highest BCUT2D eigenvalue weighted by molar-refractivity contribution is 5.94. The molecule has 1 aromatic carbocycles. The number of aliphatic hydroxyl groups excluding tert-OH is 2. The zero-order valence-corrected chi connectivity index (χ0v) is 15.8. The first-order valence-electron chi connectivity index (χ1n) is 9.21. The van der Waals surface area contributed by atoms with Gasteiger partial charge in [-0.05, 0) is 36.4 Å². The molecule has 1 atom stereocenters. The lowest BCUT2D eigenvalue weighted by atomic mass is 10.1. The molecule has 30 heavy (non-hydrogen) atoms. The second-order valence-electron chi connectivity index (χ2n) is 6.47. The molecule has 0 unspecified atom stereocenters. The Hall–Kier alpha value is -3.89. The quantitative estimate of drug-likeness (QED) is 0.378. The molecule has 3 aromatic rings. The van der Waals surface area contributed by atoms with E-state index in [1.807, 2.05) is 6.07 Å². The number of allylic oxidation sites excluding steroid dienone is 2. The molecule has 0 spiro atoms. The predicted molar refractivity (Wildman–Crippen MR) is 108 cm³/mol. The summed E-state index contributed by atoms with van der Waals surface area (Å²) in [5.74, 6) is 0.669. The van der Waals surface area contributed by atoms with Crippen LogP contribution in [0.15, 0.2) is 66.8 Å². The minimum absolute atomic E-state index is 0.0216. The van der Waals surface area contributed by atoms with Crippen LogP contribution >= 0.6 is 0 Å². The molecule has 1 amide bonds. The molecule has 5 N–H and O–H groups in total. The third-order valence-electron chi connectivity index (χ3n) is 4.28. The van der Waals surface area contributed by atoms with Crippen molar-refractivity contribution in [2.45, 2.75) is 6.10 Å². The summed E-state index contributed by atoms with van der Waals surface area (Å²) >= 11 is 0. The van der Waals surface area contributed by atoms with E-state index in [2.05, 4.69) is 26.3 Å². The molecule has 4 rings (SSSR count). The summed E-state index contributed by atoms with van der Waals surface area (Å²) in [5, 5.41) is 25.7. The Bertz CT molecular complexity index is 1120.